The molecule has 20 heavy (non-hydrogen) atoms. The van der Waals surface area contributed by atoms with Crippen LogP contribution in [0.1, 0.15) is 36.0 Å². The van der Waals surface area contributed by atoms with Crippen LogP contribution >= 0.6 is 0 Å². The fourth-order valence-electron chi connectivity index (χ4n) is 2.74. The summed E-state index contributed by atoms with van der Waals surface area (Å²) in [5.41, 5.74) is 12.1. The molecule has 0 atom stereocenters. The number of nitrogens with zero attached hydrogens (tertiary/aromatic N) is 1. The van der Waals surface area contributed by atoms with Crippen molar-refractivity contribution in [2.75, 3.05) is 17.2 Å². The second-order valence-electron chi connectivity index (χ2n) is 5.11. The Morgan fingerprint density at radius 1 is 1.30 bits per heavy atom. The van der Waals surface area contributed by atoms with Crippen molar-refractivity contribution in [1.29, 1.82) is 0 Å². The minimum absolute atomic E-state index is 0.0687. The summed E-state index contributed by atoms with van der Waals surface area (Å²) in [6, 6.07) is 5.01. The highest BCUT2D eigenvalue weighted by atomic mass is 16.4. The molecule has 0 unspecified atom stereocenters. The summed E-state index contributed by atoms with van der Waals surface area (Å²) >= 11 is 0. The maximum absolute atomic E-state index is 11.3. The summed E-state index contributed by atoms with van der Waals surface area (Å²) in [5.74, 6) is -1.46. The monoisotopic (exact) mass is 277 g/mol. The quantitative estimate of drug-likeness (QED) is 0.700. The first-order valence-electron chi connectivity index (χ1n) is 6.67. The number of carbonyl (C=O) groups is 2. The standard InChI is InChI=1S/C14H19N3O3/c15-12-7-10(5-6-11(12)14(19)20)17(8-13(16)18)9-3-1-2-4-9/h5-7,9H,1-4,8,15H2,(H2,16,18)(H,19,20). The Kier molecular flexibility index (Phi) is 4.12. The summed E-state index contributed by atoms with van der Waals surface area (Å²) in [4.78, 5) is 24.2. The van der Waals surface area contributed by atoms with Gasteiger partial charge in [0, 0.05) is 17.4 Å². The van der Waals surface area contributed by atoms with Crippen molar-refractivity contribution in [2.45, 2.75) is 31.7 Å². The van der Waals surface area contributed by atoms with Crippen molar-refractivity contribution in [1.82, 2.24) is 0 Å². The van der Waals surface area contributed by atoms with E-state index in [1.807, 2.05) is 4.90 Å². The first-order chi connectivity index (χ1) is 9.49. The number of carbonyl (C=O) groups excluding carboxylic acids is 1. The van der Waals surface area contributed by atoms with Crippen molar-refractivity contribution in [3.05, 3.63) is 23.8 Å². The Bertz CT molecular complexity index is 524. The Balaban J connectivity index is 2.30. The average molecular weight is 277 g/mol. The van der Waals surface area contributed by atoms with E-state index in [1.54, 1.807) is 12.1 Å². The maximum Gasteiger partial charge on any atom is 0.337 e. The molecular formula is C14H19N3O3. The molecule has 0 saturated heterocycles. The van der Waals surface area contributed by atoms with E-state index in [2.05, 4.69) is 0 Å². The number of anilines is 2. The van der Waals surface area contributed by atoms with Crippen LogP contribution < -0.4 is 16.4 Å². The van der Waals surface area contributed by atoms with Crippen molar-refractivity contribution < 1.29 is 14.7 Å². The zero-order valence-electron chi connectivity index (χ0n) is 11.2. The third-order valence-corrected chi connectivity index (χ3v) is 3.69. The first kappa shape index (κ1) is 14.2. The van der Waals surface area contributed by atoms with Gasteiger partial charge in [-0.15, -0.1) is 0 Å². The molecule has 0 heterocycles. The number of nitrogens with two attached hydrogens (primary N) is 2. The van der Waals surface area contributed by atoms with E-state index in [0.717, 1.165) is 31.4 Å². The van der Waals surface area contributed by atoms with Crippen LogP contribution in [0.25, 0.3) is 0 Å². The fourth-order valence-corrected chi connectivity index (χ4v) is 2.74. The third kappa shape index (κ3) is 3.01. The molecule has 1 aromatic carbocycles. The lowest BCUT2D eigenvalue weighted by Gasteiger charge is -2.30. The van der Waals surface area contributed by atoms with Crippen LogP contribution in [0.5, 0.6) is 0 Å². The topological polar surface area (TPSA) is 110 Å². The van der Waals surface area contributed by atoms with Gasteiger partial charge in [-0.2, -0.15) is 0 Å². The number of hydrogen-bond donors (Lipinski definition) is 3. The Morgan fingerprint density at radius 3 is 2.45 bits per heavy atom. The number of carboxylic acids is 1. The van der Waals surface area contributed by atoms with Crippen molar-refractivity contribution in [3.8, 4) is 0 Å². The molecule has 5 N–H and O–H groups in total. The second-order valence-corrected chi connectivity index (χ2v) is 5.11. The van der Waals surface area contributed by atoms with Gasteiger partial charge >= 0.3 is 5.97 Å². The molecule has 1 aliphatic rings. The largest absolute Gasteiger partial charge is 0.478 e. The maximum atomic E-state index is 11.3. The molecule has 0 bridgehead atoms. The van der Waals surface area contributed by atoms with Crippen LogP contribution in [0.3, 0.4) is 0 Å². The van der Waals surface area contributed by atoms with E-state index in [4.69, 9.17) is 16.6 Å². The van der Waals surface area contributed by atoms with E-state index < -0.39 is 11.9 Å². The minimum atomic E-state index is -1.06. The Hall–Kier alpha value is -2.24. The number of aromatic carboxylic acids is 1. The molecule has 108 valence electrons. The normalized spacial score (nSPS) is 15.2. The van der Waals surface area contributed by atoms with Gasteiger partial charge in [-0.1, -0.05) is 12.8 Å². The van der Waals surface area contributed by atoms with Crippen molar-refractivity contribution in [3.63, 3.8) is 0 Å². The van der Waals surface area contributed by atoms with E-state index in [-0.39, 0.29) is 23.8 Å². The van der Waals surface area contributed by atoms with Gasteiger partial charge in [-0.05, 0) is 31.0 Å². The van der Waals surface area contributed by atoms with Crippen LogP contribution in [0, 0.1) is 0 Å². The lowest BCUT2D eigenvalue weighted by Crippen LogP contribution is -2.40. The summed E-state index contributed by atoms with van der Waals surface area (Å²) in [5, 5.41) is 8.98. The molecule has 2 rings (SSSR count). The Morgan fingerprint density at radius 2 is 1.95 bits per heavy atom. The van der Waals surface area contributed by atoms with Gasteiger partial charge in [0.1, 0.15) is 0 Å². The minimum Gasteiger partial charge on any atom is -0.478 e. The van der Waals surface area contributed by atoms with Crippen LogP contribution in [-0.4, -0.2) is 29.6 Å². The molecule has 0 aliphatic heterocycles. The number of primary amides is 1. The Labute approximate surface area is 117 Å². The zero-order chi connectivity index (χ0) is 14.7. The first-order valence-corrected chi connectivity index (χ1v) is 6.67. The highest BCUT2D eigenvalue weighted by Crippen LogP contribution is 2.30. The molecule has 1 aliphatic carbocycles. The number of carboxylic acid groups (broad SMARTS) is 1. The predicted octanol–water partition coefficient (Wildman–Crippen LogP) is 1.20. The van der Waals surface area contributed by atoms with Crippen LogP contribution in [0.2, 0.25) is 0 Å². The van der Waals surface area contributed by atoms with Crippen LogP contribution in [0.4, 0.5) is 11.4 Å². The van der Waals surface area contributed by atoms with Gasteiger partial charge in [0.25, 0.3) is 0 Å². The van der Waals surface area contributed by atoms with Gasteiger partial charge in [0.2, 0.25) is 5.91 Å². The van der Waals surface area contributed by atoms with Crippen molar-refractivity contribution in [2.24, 2.45) is 5.73 Å². The molecule has 0 aromatic heterocycles. The second kappa shape index (κ2) is 5.81. The van der Waals surface area contributed by atoms with E-state index in [1.165, 1.54) is 6.07 Å². The third-order valence-electron chi connectivity index (χ3n) is 3.69. The van der Waals surface area contributed by atoms with E-state index in [9.17, 15) is 9.59 Å². The zero-order valence-corrected chi connectivity index (χ0v) is 11.2. The fraction of sp³-hybridized carbons (Fsp3) is 0.429. The van der Waals surface area contributed by atoms with Gasteiger partial charge in [-0.3, -0.25) is 4.79 Å². The van der Waals surface area contributed by atoms with E-state index >= 15 is 0 Å². The number of hydrogen-bond acceptors (Lipinski definition) is 4. The molecule has 1 aromatic rings. The average Bonchev–Trinajstić information content (AvgIpc) is 2.88. The molecule has 1 amide bonds. The van der Waals surface area contributed by atoms with Gasteiger partial charge in [-0.25, -0.2) is 4.79 Å². The van der Waals surface area contributed by atoms with Crippen LogP contribution in [-0.2, 0) is 4.79 Å². The summed E-state index contributed by atoms with van der Waals surface area (Å²) in [7, 11) is 0. The summed E-state index contributed by atoms with van der Waals surface area (Å²) < 4.78 is 0. The summed E-state index contributed by atoms with van der Waals surface area (Å²) in [6.45, 7) is 0.122. The predicted molar refractivity (Wildman–Crippen MR) is 76.6 cm³/mol. The highest BCUT2D eigenvalue weighted by molar-refractivity contribution is 5.94. The number of amides is 1. The number of nitrogen functional groups attached to an aromatic ring is 1. The number of rotatable bonds is 5. The molecule has 0 radical (unpaired) electrons. The lowest BCUT2D eigenvalue weighted by atomic mass is 10.1. The molecule has 6 heteroatoms. The van der Waals surface area contributed by atoms with Crippen molar-refractivity contribution >= 4 is 23.3 Å². The number of benzene rings is 1. The summed E-state index contributed by atoms with van der Waals surface area (Å²) in [6.07, 6.45) is 4.27. The molecule has 0 spiro atoms. The SMILES string of the molecule is NC(=O)CN(c1ccc(C(=O)O)c(N)c1)C1CCCC1. The highest BCUT2D eigenvalue weighted by Gasteiger charge is 2.24. The molecule has 1 saturated carbocycles. The smallest absolute Gasteiger partial charge is 0.337 e. The molecule has 6 nitrogen and oxygen atoms in total. The van der Waals surface area contributed by atoms with Gasteiger partial charge in [0.05, 0.1) is 12.1 Å². The lowest BCUT2D eigenvalue weighted by molar-refractivity contribution is -0.116. The molecular weight excluding hydrogens is 258 g/mol. The van der Waals surface area contributed by atoms with Gasteiger partial charge < -0.3 is 21.5 Å². The van der Waals surface area contributed by atoms with Gasteiger partial charge in [0.15, 0.2) is 0 Å². The molecule has 1 fully saturated rings. The van der Waals surface area contributed by atoms with E-state index in [0.29, 0.717) is 0 Å². The van der Waals surface area contributed by atoms with Crippen LogP contribution in [0.15, 0.2) is 18.2 Å².